The number of hydrogen-bond acceptors (Lipinski definition) is 3. The first-order valence-corrected chi connectivity index (χ1v) is 9.99. The largest absolute Gasteiger partial charge is 0.401 e. The van der Waals surface area contributed by atoms with E-state index in [1.54, 1.807) is 0 Å². The van der Waals surface area contributed by atoms with Crippen LogP contribution in [-0.4, -0.2) is 68.3 Å². The Bertz CT molecular complexity index is 492. The van der Waals surface area contributed by atoms with Crippen molar-refractivity contribution >= 4 is 11.9 Å². The van der Waals surface area contributed by atoms with Crippen LogP contribution in [0.2, 0.25) is 0 Å². The molecule has 0 bridgehead atoms. The van der Waals surface area contributed by atoms with Gasteiger partial charge in [0.1, 0.15) is 0 Å². The molecule has 0 aromatic rings. The van der Waals surface area contributed by atoms with Crippen LogP contribution < -0.4 is 16.0 Å². The first-order chi connectivity index (χ1) is 12.9. The average Bonchev–Trinajstić information content (AvgIpc) is 3.04. The van der Waals surface area contributed by atoms with E-state index in [-0.39, 0.29) is 17.9 Å². The standard InChI is InChI=1S/C18H32F3N5O/c1-2-22-17(25-15-8-11-26(12-15)13-18(19,20)21)24-10-9-23-16(27)14-6-4-3-5-7-14/h14-15H,2-13H2,1H3,(H,23,27)(H2,22,24,25). The lowest BCUT2D eigenvalue weighted by Gasteiger charge is -2.21. The Hall–Kier alpha value is -1.51. The predicted octanol–water partition coefficient (Wildman–Crippen LogP) is 1.87. The molecule has 2 rings (SSSR count). The van der Waals surface area contributed by atoms with Gasteiger partial charge in [0.25, 0.3) is 0 Å². The second-order valence-corrected chi connectivity index (χ2v) is 7.37. The molecule has 1 amide bonds. The lowest BCUT2D eigenvalue weighted by atomic mass is 9.89. The molecule has 9 heteroatoms. The summed E-state index contributed by atoms with van der Waals surface area (Å²) in [4.78, 5) is 18.0. The van der Waals surface area contributed by atoms with Crippen molar-refractivity contribution < 1.29 is 18.0 Å². The Labute approximate surface area is 159 Å². The van der Waals surface area contributed by atoms with E-state index in [1.165, 1.54) is 11.3 Å². The second kappa shape index (κ2) is 10.7. The molecular formula is C18H32F3N5O. The van der Waals surface area contributed by atoms with Crippen LogP contribution in [0.4, 0.5) is 13.2 Å². The Morgan fingerprint density at radius 2 is 1.89 bits per heavy atom. The Morgan fingerprint density at radius 3 is 2.56 bits per heavy atom. The maximum absolute atomic E-state index is 12.5. The van der Waals surface area contributed by atoms with Gasteiger partial charge in [-0.2, -0.15) is 13.2 Å². The van der Waals surface area contributed by atoms with Gasteiger partial charge in [-0.1, -0.05) is 19.3 Å². The van der Waals surface area contributed by atoms with E-state index in [9.17, 15) is 18.0 Å². The van der Waals surface area contributed by atoms with E-state index in [2.05, 4.69) is 20.9 Å². The van der Waals surface area contributed by atoms with Crippen LogP contribution in [0.15, 0.2) is 4.99 Å². The van der Waals surface area contributed by atoms with Gasteiger partial charge in [0, 0.05) is 38.1 Å². The Balaban J connectivity index is 1.71. The van der Waals surface area contributed by atoms with Gasteiger partial charge in [-0.05, 0) is 26.2 Å². The summed E-state index contributed by atoms with van der Waals surface area (Å²) in [5, 5.41) is 9.25. The minimum atomic E-state index is -4.16. The zero-order chi connectivity index (χ0) is 19.7. The van der Waals surface area contributed by atoms with Crippen LogP contribution in [-0.2, 0) is 4.79 Å². The number of amides is 1. The number of aliphatic imine (C=N–C) groups is 1. The minimum absolute atomic E-state index is 0.0537. The number of hydrogen-bond donors (Lipinski definition) is 3. The van der Waals surface area contributed by atoms with Gasteiger partial charge in [-0.15, -0.1) is 0 Å². The summed E-state index contributed by atoms with van der Waals surface area (Å²) < 4.78 is 37.5. The zero-order valence-electron chi connectivity index (χ0n) is 16.1. The lowest BCUT2D eigenvalue weighted by molar-refractivity contribution is -0.143. The third-order valence-electron chi connectivity index (χ3n) is 5.02. The topological polar surface area (TPSA) is 68.8 Å². The normalized spacial score (nSPS) is 22.7. The number of nitrogens with one attached hydrogen (secondary N) is 3. The van der Waals surface area contributed by atoms with E-state index in [4.69, 9.17) is 0 Å². The van der Waals surface area contributed by atoms with Crippen LogP contribution in [0.5, 0.6) is 0 Å². The highest BCUT2D eigenvalue weighted by molar-refractivity contribution is 5.80. The fourth-order valence-corrected chi connectivity index (χ4v) is 3.72. The molecule has 1 unspecified atom stereocenters. The summed E-state index contributed by atoms with van der Waals surface area (Å²) in [6.07, 6.45) is 1.88. The van der Waals surface area contributed by atoms with Crippen molar-refractivity contribution in [1.29, 1.82) is 0 Å². The molecule has 1 aliphatic heterocycles. The predicted molar refractivity (Wildman–Crippen MR) is 99.6 cm³/mol. The van der Waals surface area contributed by atoms with Crippen molar-refractivity contribution in [2.24, 2.45) is 10.9 Å². The number of alkyl halides is 3. The highest BCUT2D eigenvalue weighted by Crippen LogP contribution is 2.23. The molecule has 0 aromatic carbocycles. The molecule has 2 fully saturated rings. The molecule has 1 atom stereocenters. The van der Waals surface area contributed by atoms with Gasteiger partial charge in [0.05, 0.1) is 13.1 Å². The van der Waals surface area contributed by atoms with E-state index in [0.717, 1.165) is 25.7 Å². The van der Waals surface area contributed by atoms with Crippen molar-refractivity contribution in [3.8, 4) is 0 Å². The summed E-state index contributed by atoms with van der Waals surface area (Å²) in [5.41, 5.74) is 0. The molecule has 6 nitrogen and oxygen atoms in total. The molecule has 0 spiro atoms. The van der Waals surface area contributed by atoms with E-state index >= 15 is 0 Å². The smallest absolute Gasteiger partial charge is 0.357 e. The molecular weight excluding hydrogens is 359 g/mol. The van der Waals surface area contributed by atoms with Gasteiger partial charge in [-0.3, -0.25) is 14.7 Å². The summed E-state index contributed by atoms with van der Waals surface area (Å²) >= 11 is 0. The summed E-state index contributed by atoms with van der Waals surface area (Å²) in [7, 11) is 0. The van der Waals surface area contributed by atoms with Crippen LogP contribution in [0.3, 0.4) is 0 Å². The SMILES string of the molecule is CCNC(=NCCNC(=O)C1CCCCC1)NC1CCN(CC(F)(F)F)C1. The van der Waals surface area contributed by atoms with Crippen molar-refractivity contribution in [3.05, 3.63) is 0 Å². The summed E-state index contributed by atoms with van der Waals surface area (Å²) in [6.45, 7) is 3.41. The van der Waals surface area contributed by atoms with Crippen molar-refractivity contribution in [2.75, 3.05) is 39.3 Å². The van der Waals surface area contributed by atoms with Crippen molar-refractivity contribution in [1.82, 2.24) is 20.9 Å². The molecule has 1 heterocycles. The summed E-state index contributed by atoms with van der Waals surface area (Å²) in [6, 6.07) is -0.0537. The monoisotopic (exact) mass is 391 g/mol. The number of rotatable bonds is 7. The molecule has 1 saturated carbocycles. The number of guanidine groups is 1. The molecule has 156 valence electrons. The van der Waals surface area contributed by atoms with E-state index < -0.39 is 12.7 Å². The van der Waals surface area contributed by atoms with Gasteiger partial charge >= 0.3 is 6.18 Å². The maximum atomic E-state index is 12.5. The number of nitrogens with zero attached hydrogens (tertiary/aromatic N) is 2. The second-order valence-electron chi connectivity index (χ2n) is 7.37. The minimum Gasteiger partial charge on any atom is -0.357 e. The molecule has 1 aliphatic carbocycles. The van der Waals surface area contributed by atoms with Gasteiger partial charge in [-0.25, -0.2) is 0 Å². The number of likely N-dealkylation sites (tertiary alicyclic amines) is 1. The van der Waals surface area contributed by atoms with Crippen LogP contribution in [0.1, 0.15) is 45.4 Å². The van der Waals surface area contributed by atoms with Crippen molar-refractivity contribution in [2.45, 2.75) is 57.7 Å². The quantitative estimate of drug-likeness (QED) is 0.352. The van der Waals surface area contributed by atoms with Crippen LogP contribution >= 0.6 is 0 Å². The molecule has 27 heavy (non-hydrogen) atoms. The highest BCUT2D eigenvalue weighted by Gasteiger charge is 2.34. The fourth-order valence-electron chi connectivity index (χ4n) is 3.72. The third-order valence-corrected chi connectivity index (χ3v) is 5.02. The molecule has 3 N–H and O–H groups in total. The van der Waals surface area contributed by atoms with E-state index in [0.29, 0.717) is 45.1 Å². The molecule has 1 saturated heterocycles. The number of carbonyl (C=O) groups is 1. The van der Waals surface area contributed by atoms with Gasteiger partial charge < -0.3 is 16.0 Å². The van der Waals surface area contributed by atoms with Gasteiger partial charge in [0.2, 0.25) is 5.91 Å². The number of carbonyl (C=O) groups excluding carboxylic acids is 1. The summed E-state index contributed by atoms with van der Waals surface area (Å²) in [5.74, 6) is 0.830. The Kier molecular flexibility index (Phi) is 8.66. The molecule has 0 aromatic heterocycles. The van der Waals surface area contributed by atoms with Gasteiger partial charge in [0.15, 0.2) is 5.96 Å². The van der Waals surface area contributed by atoms with Crippen molar-refractivity contribution in [3.63, 3.8) is 0 Å². The highest BCUT2D eigenvalue weighted by atomic mass is 19.4. The fraction of sp³-hybridized carbons (Fsp3) is 0.889. The van der Waals surface area contributed by atoms with Crippen LogP contribution in [0.25, 0.3) is 0 Å². The molecule has 2 aliphatic rings. The lowest BCUT2D eigenvalue weighted by Crippen LogP contribution is -2.45. The first-order valence-electron chi connectivity index (χ1n) is 9.99. The van der Waals surface area contributed by atoms with E-state index in [1.807, 2.05) is 6.92 Å². The first kappa shape index (κ1) is 21.8. The molecule has 0 radical (unpaired) electrons. The number of halogens is 3. The van der Waals surface area contributed by atoms with Crippen LogP contribution in [0, 0.1) is 5.92 Å². The average molecular weight is 391 g/mol. The maximum Gasteiger partial charge on any atom is 0.401 e. The Morgan fingerprint density at radius 1 is 1.15 bits per heavy atom. The zero-order valence-corrected chi connectivity index (χ0v) is 16.1. The third kappa shape index (κ3) is 8.36.